The molecule has 0 radical (unpaired) electrons. The van der Waals surface area contributed by atoms with E-state index in [1.165, 1.54) is 68.4 Å². The van der Waals surface area contributed by atoms with Gasteiger partial charge in [0, 0.05) is 35.1 Å². The summed E-state index contributed by atoms with van der Waals surface area (Å²) in [6.07, 6.45) is 7.98. The van der Waals surface area contributed by atoms with Crippen molar-refractivity contribution in [2.24, 2.45) is 11.8 Å². The highest BCUT2D eigenvalue weighted by Crippen LogP contribution is 2.56. The second kappa shape index (κ2) is 6.77. The van der Waals surface area contributed by atoms with Gasteiger partial charge in [-0.2, -0.15) is 0 Å². The number of hydrogen-bond donors (Lipinski definition) is 1. The van der Waals surface area contributed by atoms with Crippen LogP contribution < -0.4 is 10.2 Å². The van der Waals surface area contributed by atoms with E-state index in [1.807, 2.05) is 0 Å². The molecule has 150 valence electrons. The molecule has 2 aromatic rings. The van der Waals surface area contributed by atoms with Gasteiger partial charge in [0.05, 0.1) is 0 Å². The van der Waals surface area contributed by atoms with Crippen LogP contribution in [0.5, 0.6) is 0 Å². The Bertz CT molecular complexity index is 924. The molecule has 1 amide bonds. The summed E-state index contributed by atoms with van der Waals surface area (Å²) in [6.45, 7) is 2.48. The summed E-state index contributed by atoms with van der Waals surface area (Å²) < 4.78 is 0. The van der Waals surface area contributed by atoms with E-state index in [0.717, 1.165) is 17.5 Å². The summed E-state index contributed by atoms with van der Waals surface area (Å²) in [7, 11) is 0. The molecular weight excluding hydrogens is 380 g/mol. The molecule has 2 fully saturated rings. The molecule has 6 rings (SSSR count). The molecule has 2 aliphatic carbocycles. The number of rotatable bonds is 2. The van der Waals surface area contributed by atoms with Gasteiger partial charge < -0.3 is 10.2 Å². The van der Waals surface area contributed by atoms with Gasteiger partial charge in [0.2, 0.25) is 0 Å². The zero-order chi connectivity index (χ0) is 19.5. The first kappa shape index (κ1) is 17.8. The zero-order valence-corrected chi connectivity index (χ0v) is 17.4. The van der Waals surface area contributed by atoms with E-state index in [9.17, 15) is 4.79 Å². The minimum Gasteiger partial charge on any atom is -0.370 e. The number of fused-ring (bicyclic) bond motifs is 4. The van der Waals surface area contributed by atoms with Crippen molar-refractivity contribution >= 4 is 28.9 Å². The van der Waals surface area contributed by atoms with Crippen LogP contribution in [0.25, 0.3) is 0 Å². The number of carbonyl (C=O) groups excluding carboxylic acids is 1. The van der Waals surface area contributed by atoms with E-state index >= 15 is 0 Å². The van der Waals surface area contributed by atoms with Gasteiger partial charge in [-0.1, -0.05) is 24.4 Å². The van der Waals surface area contributed by atoms with Crippen molar-refractivity contribution in [2.45, 2.75) is 50.4 Å². The average molecular weight is 407 g/mol. The average Bonchev–Trinajstić information content (AvgIpc) is 3.38. The van der Waals surface area contributed by atoms with Crippen LogP contribution in [0.4, 0.5) is 11.4 Å². The number of amides is 1. The number of benzene rings is 2. The maximum atomic E-state index is 12.9. The Hall–Kier alpha value is -2.00. The first-order valence-electron chi connectivity index (χ1n) is 11.2. The molecule has 2 saturated carbocycles. The number of nitrogens with one attached hydrogen (secondary N) is 1. The van der Waals surface area contributed by atoms with Crippen LogP contribution in [0.1, 0.15) is 71.8 Å². The zero-order valence-electron chi connectivity index (χ0n) is 16.7. The normalized spacial score (nSPS) is 29.2. The highest BCUT2D eigenvalue weighted by Gasteiger charge is 2.44. The number of hydrogen-bond acceptors (Lipinski definition) is 2. The van der Waals surface area contributed by atoms with Crippen LogP contribution in [-0.2, 0) is 0 Å². The van der Waals surface area contributed by atoms with Gasteiger partial charge in [0.15, 0.2) is 0 Å². The summed E-state index contributed by atoms with van der Waals surface area (Å²) >= 11 is 5.98. The van der Waals surface area contributed by atoms with Crippen molar-refractivity contribution in [1.82, 2.24) is 0 Å². The lowest BCUT2D eigenvalue weighted by Crippen LogP contribution is -2.43. The van der Waals surface area contributed by atoms with Crippen molar-refractivity contribution in [3.05, 3.63) is 58.1 Å². The van der Waals surface area contributed by atoms with Gasteiger partial charge in [-0.3, -0.25) is 4.79 Å². The maximum absolute atomic E-state index is 12.9. The lowest BCUT2D eigenvalue weighted by atomic mass is 9.75. The molecule has 2 aromatic carbocycles. The summed E-state index contributed by atoms with van der Waals surface area (Å²) in [5.41, 5.74) is 6.17. The summed E-state index contributed by atoms with van der Waals surface area (Å²) in [6, 6.07) is 11.7. The van der Waals surface area contributed by atoms with Crippen LogP contribution >= 0.6 is 11.6 Å². The minimum atomic E-state index is -0.0526. The topological polar surface area (TPSA) is 32.3 Å². The molecular formula is C25H27ClN2O. The third-order valence-corrected chi connectivity index (χ3v) is 8.13. The van der Waals surface area contributed by atoms with Crippen LogP contribution in [0.15, 0.2) is 36.4 Å². The molecule has 1 N–H and O–H groups in total. The monoisotopic (exact) mass is 406 g/mol. The Morgan fingerprint density at radius 3 is 2.07 bits per heavy atom. The number of nitrogens with zero attached hydrogens (tertiary/aromatic N) is 1. The van der Waals surface area contributed by atoms with Gasteiger partial charge in [0.1, 0.15) is 0 Å². The molecule has 0 unspecified atom stereocenters. The van der Waals surface area contributed by atoms with Crippen LogP contribution in [0.3, 0.4) is 0 Å². The Morgan fingerprint density at radius 1 is 0.897 bits per heavy atom. The first-order valence-corrected chi connectivity index (χ1v) is 11.5. The van der Waals surface area contributed by atoms with Crippen LogP contribution in [0.2, 0.25) is 5.02 Å². The molecule has 4 aliphatic rings. The number of anilines is 2. The quantitative estimate of drug-likeness (QED) is 0.644. The molecule has 4 atom stereocenters. The predicted octanol–water partition coefficient (Wildman–Crippen LogP) is 6.19. The SMILES string of the molecule is O=C(Nc1cc2c3c(c1)[C@@H]1CCC[C@H]1CN3C[C@H]1CCC[C@H]21)c1ccc(Cl)cc1. The Morgan fingerprint density at radius 2 is 1.48 bits per heavy atom. The Balaban J connectivity index is 1.41. The second-order valence-electron chi connectivity index (χ2n) is 9.46. The van der Waals surface area contributed by atoms with E-state index in [0.29, 0.717) is 22.4 Å². The lowest BCUT2D eigenvalue weighted by Gasteiger charge is -2.46. The fraction of sp³-hybridized carbons (Fsp3) is 0.480. The number of carbonyl (C=O) groups is 1. The summed E-state index contributed by atoms with van der Waals surface area (Å²) in [5.74, 6) is 2.87. The van der Waals surface area contributed by atoms with E-state index < -0.39 is 0 Å². The van der Waals surface area contributed by atoms with Gasteiger partial charge in [-0.15, -0.1) is 0 Å². The largest absolute Gasteiger partial charge is 0.370 e. The molecule has 2 heterocycles. The maximum Gasteiger partial charge on any atom is 0.255 e. The fourth-order valence-corrected chi connectivity index (χ4v) is 6.77. The summed E-state index contributed by atoms with van der Waals surface area (Å²) in [4.78, 5) is 15.6. The molecule has 0 saturated heterocycles. The van der Waals surface area contributed by atoms with Crippen molar-refractivity contribution in [2.75, 3.05) is 23.3 Å². The van der Waals surface area contributed by atoms with Gasteiger partial charge >= 0.3 is 0 Å². The third-order valence-electron chi connectivity index (χ3n) is 7.88. The van der Waals surface area contributed by atoms with Gasteiger partial charge in [0.25, 0.3) is 5.91 Å². The van der Waals surface area contributed by atoms with Gasteiger partial charge in [-0.05, 0) is 96.9 Å². The molecule has 2 aliphatic heterocycles. The molecule has 0 spiro atoms. The Labute approximate surface area is 177 Å². The van der Waals surface area contributed by atoms with Crippen LogP contribution in [-0.4, -0.2) is 19.0 Å². The highest BCUT2D eigenvalue weighted by molar-refractivity contribution is 6.30. The minimum absolute atomic E-state index is 0.0526. The first-order chi connectivity index (χ1) is 14.2. The van der Waals surface area contributed by atoms with Gasteiger partial charge in [-0.25, -0.2) is 0 Å². The predicted molar refractivity (Wildman–Crippen MR) is 118 cm³/mol. The van der Waals surface area contributed by atoms with Crippen molar-refractivity contribution in [3.63, 3.8) is 0 Å². The number of halogens is 1. The second-order valence-corrected chi connectivity index (χ2v) is 9.90. The highest BCUT2D eigenvalue weighted by atomic mass is 35.5. The third kappa shape index (κ3) is 2.89. The molecule has 0 bridgehead atoms. The van der Waals surface area contributed by atoms with E-state index in [2.05, 4.69) is 22.3 Å². The molecule has 3 nitrogen and oxygen atoms in total. The Kier molecular flexibility index (Phi) is 4.16. The van der Waals surface area contributed by atoms with Crippen molar-refractivity contribution in [1.29, 1.82) is 0 Å². The smallest absolute Gasteiger partial charge is 0.255 e. The van der Waals surface area contributed by atoms with E-state index in [1.54, 1.807) is 24.3 Å². The summed E-state index contributed by atoms with van der Waals surface area (Å²) in [5, 5.41) is 3.85. The van der Waals surface area contributed by atoms with Crippen molar-refractivity contribution in [3.8, 4) is 0 Å². The lowest BCUT2D eigenvalue weighted by molar-refractivity contribution is 0.102. The van der Waals surface area contributed by atoms with E-state index in [4.69, 9.17) is 11.6 Å². The van der Waals surface area contributed by atoms with E-state index in [-0.39, 0.29) is 5.91 Å². The molecule has 4 heteroatoms. The molecule has 29 heavy (non-hydrogen) atoms. The fourth-order valence-electron chi connectivity index (χ4n) is 6.64. The standard InChI is InChI=1S/C25H27ClN2O/c26-18-9-7-15(8-10-18)25(29)27-19-11-22-20-5-1-3-16(20)13-28-14-17-4-2-6-21(17)23(12-19)24(22)28/h7-12,16-17,20-21H,1-6,13-14H2,(H,27,29)/t16-,17+,20+,21-. The van der Waals surface area contributed by atoms with Crippen LogP contribution in [0, 0.1) is 11.8 Å². The molecule has 0 aromatic heterocycles. The van der Waals surface area contributed by atoms with Crippen molar-refractivity contribution < 1.29 is 4.79 Å².